The number of hydrogen-bond acceptors (Lipinski definition) is 4. The van der Waals surface area contributed by atoms with Gasteiger partial charge < -0.3 is 4.74 Å². The maximum absolute atomic E-state index is 12.5. The first-order chi connectivity index (χ1) is 13.5. The quantitative estimate of drug-likeness (QED) is 0.510. The van der Waals surface area contributed by atoms with E-state index in [1.807, 2.05) is 62.4 Å². The standard InChI is InChI=1S/C21H22N4O3/c1-14-9-10-18(11-15(14)2)28-13-20(26)23-22-12-19-16(3)24-25(21(19)27)17-7-5-4-6-8-17/h4-12,24H,13H2,1-3H3,(H,23,26)/b22-12+. The third-order valence-corrected chi connectivity index (χ3v) is 4.36. The van der Waals surface area contributed by atoms with Crippen LogP contribution in [0.2, 0.25) is 0 Å². The molecule has 1 amide bonds. The predicted molar refractivity (Wildman–Crippen MR) is 108 cm³/mol. The van der Waals surface area contributed by atoms with E-state index in [1.165, 1.54) is 10.9 Å². The average molecular weight is 378 g/mol. The summed E-state index contributed by atoms with van der Waals surface area (Å²) in [6, 6.07) is 14.8. The van der Waals surface area contributed by atoms with Gasteiger partial charge in [0.2, 0.25) is 0 Å². The van der Waals surface area contributed by atoms with E-state index < -0.39 is 5.91 Å². The highest BCUT2D eigenvalue weighted by Crippen LogP contribution is 2.16. The Hall–Kier alpha value is -3.61. The number of para-hydroxylation sites is 1. The Morgan fingerprint density at radius 1 is 1.14 bits per heavy atom. The van der Waals surface area contributed by atoms with Crippen LogP contribution in [-0.2, 0) is 4.79 Å². The predicted octanol–water partition coefficient (Wildman–Crippen LogP) is 2.62. The minimum absolute atomic E-state index is 0.166. The number of nitrogens with zero attached hydrogens (tertiary/aromatic N) is 2. The van der Waals surface area contributed by atoms with Crippen molar-refractivity contribution in [2.24, 2.45) is 5.10 Å². The van der Waals surface area contributed by atoms with Crippen molar-refractivity contribution in [3.8, 4) is 11.4 Å². The number of carbonyl (C=O) groups is 1. The Kier molecular flexibility index (Phi) is 5.74. The number of benzene rings is 2. The molecule has 1 heterocycles. The average Bonchev–Trinajstić information content (AvgIpc) is 2.98. The molecule has 0 bridgehead atoms. The highest BCUT2D eigenvalue weighted by atomic mass is 16.5. The molecule has 7 heteroatoms. The van der Waals surface area contributed by atoms with E-state index in [0.29, 0.717) is 17.0 Å². The second-order valence-electron chi connectivity index (χ2n) is 6.45. The zero-order valence-electron chi connectivity index (χ0n) is 16.0. The lowest BCUT2D eigenvalue weighted by molar-refractivity contribution is -0.123. The molecule has 0 atom stereocenters. The second kappa shape index (κ2) is 8.39. The lowest BCUT2D eigenvalue weighted by Gasteiger charge is -2.07. The molecule has 2 N–H and O–H groups in total. The number of hydrogen-bond donors (Lipinski definition) is 2. The summed E-state index contributed by atoms with van der Waals surface area (Å²) in [6.45, 7) is 5.59. The van der Waals surface area contributed by atoms with Gasteiger partial charge in [0.15, 0.2) is 6.61 Å². The first kappa shape index (κ1) is 19.2. The Bertz CT molecular complexity index is 1060. The molecule has 1 aromatic heterocycles. The first-order valence-electron chi connectivity index (χ1n) is 8.84. The molecule has 0 aliphatic heterocycles. The molecule has 0 fully saturated rings. The molecular formula is C21H22N4O3. The molecule has 2 aromatic carbocycles. The largest absolute Gasteiger partial charge is 0.484 e. The fourth-order valence-electron chi connectivity index (χ4n) is 2.62. The zero-order chi connectivity index (χ0) is 20.1. The van der Waals surface area contributed by atoms with Crippen LogP contribution in [0.5, 0.6) is 5.75 Å². The number of aromatic amines is 1. The molecular weight excluding hydrogens is 356 g/mol. The molecule has 0 spiro atoms. The number of ether oxygens (including phenoxy) is 1. The summed E-state index contributed by atoms with van der Waals surface area (Å²) < 4.78 is 6.89. The molecule has 0 radical (unpaired) electrons. The Balaban J connectivity index is 1.61. The third kappa shape index (κ3) is 4.37. The normalized spacial score (nSPS) is 11.0. The van der Waals surface area contributed by atoms with Crippen molar-refractivity contribution < 1.29 is 9.53 Å². The molecule has 3 aromatic rings. The number of nitrogens with one attached hydrogen (secondary N) is 2. The van der Waals surface area contributed by atoms with Crippen LogP contribution >= 0.6 is 0 Å². The maximum atomic E-state index is 12.5. The summed E-state index contributed by atoms with van der Waals surface area (Å²) in [7, 11) is 0. The summed E-state index contributed by atoms with van der Waals surface area (Å²) in [6.07, 6.45) is 1.33. The number of rotatable bonds is 6. The molecule has 7 nitrogen and oxygen atoms in total. The maximum Gasteiger partial charge on any atom is 0.280 e. The van der Waals surface area contributed by atoms with E-state index >= 15 is 0 Å². The lowest BCUT2D eigenvalue weighted by Crippen LogP contribution is -2.25. The summed E-state index contributed by atoms with van der Waals surface area (Å²) in [5, 5.41) is 6.88. The van der Waals surface area contributed by atoms with Crippen molar-refractivity contribution in [1.29, 1.82) is 0 Å². The van der Waals surface area contributed by atoms with Crippen LogP contribution in [0.1, 0.15) is 22.4 Å². The molecule has 0 saturated carbocycles. The fourth-order valence-corrected chi connectivity index (χ4v) is 2.62. The topological polar surface area (TPSA) is 88.5 Å². The van der Waals surface area contributed by atoms with Gasteiger partial charge in [-0.2, -0.15) is 5.10 Å². The van der Waals surface area contributed by atoms with Gasteiger partial charge in [-0.25, -0.2) is 10.1 Å². The lowest BCUT2D eigenvalue weighted by atomic mass is 10.1. The number of H-pyrrole nitrogens is 1. The van der Waals surface area contributed by atoms with Crippen molar-refractivity contribution in [2.45, 2.75) is 20.8 Å². The van der Waals surface area contributed by atoms with Gasteiger partial charge in [0.25, 0.3) is 11.5 Å². The van der Waals surface area contributed by atoms with Gasteiger partial charge in [-0.3, -0.25) is 14.7 Å². The van der Waals surface area contributed by atoms with E-state index in [4.69, 9.17) is 4.74 Å². The minimum atomic E-state index is -0.411. The van der Waals surface area contributed by atoms with Crippen LogP contribution in [0.15, 0.2) is 58.4 Å². The van der Waals surface area contributed by atoms with Gasteiger partial charge in [-0.05, 0) is 56.2 Å². The van der Waals surface area contributed by atoms with Gasteiger partial charge in [-0.1, -0.05) is 24.3 Å². The van der Waals surface area contributed by atoms with E-state index in [0.717, 1.165) is 16.8 Å². The number of hydrazone groups is 1. The van der Waals surface area contributed by atoms with Crippen molar-refractivity contribution in [2.75, 3.05) is 6.61 Å². The smallest absolute Gasteiger partial charge is 0.280 e. The molecule has 0 saturated heterocycles. The second-order valence-corrected chi connectivity index (χ2v) is 6.45. The van der Waals surface area contributed by atoms with Crippen LogP contribution in [-0.4, -0.2) is 28.5 Å². The SMILES string of the molecule is Cc1ccc(OCC(=O)N/N=C/c2c(C)[nH]n(-c3ccccc3)c2=O)cc1C. The highest BCUT2D eigenvalue weighted by molar-refractivity contribution is 5.83. The van der Waals surface area contributed by atoms with Crippen molar-refractivity contribution in [3.05, 3.63) is 81.3 Å². The summed E-state index contributed by atoms with van der Waals surface area (Å²) >= 11 is 0. The van der Waals surface area contributed by atoms with E-state index in [9.17, 15) is 9.59 Å². The van der Waals surface area contributed by atoms with Gasteiger partial charge >= 0.3 is 0 Å². The Morgan fingerprint density at radius 3 is 2.61 bits per heavy atom. The molecule has 3 rings (SSSR count). The Morgan fingerprint density at radius 2 is 1.89 bits per heavy atom. The van der Waals surface area contributed by atoms with Gasteiger partial charge in [0.05, 0.1) is 17.5 Å². The van der Waals surface area contributed by atoms with E-state index in [1.54, 1.807) is 6.92 Å². The van der Waals surface area contributed by atoms with Crippen LogP contribution in [0.4, 0.5) is 0 Å². The van der Waals surface area contributed by atoms with E-state index in [-0.39, 0.29) is 12.2 Å². The number of aryl methyl sites for hydroxylation is 3. The zero-order valence-corrected chi connectivity index (χ0v) is 16.0. The summed E-state index contributed by atoms with van der Waals surface area (Å²) in [5.41, 5.74) is 6.13. The van der Waals surface area contributed by atoms with Gasteiger partial charge in [-0.15, -0.1) is 0 Å². The van der Waals surface area contributed by atoms with E-state index in [2.05, 4.69) is 15.6 Å². The van der Waals surface area contributed by atoms with Crippen molar-refractivity contribution in [3.63, 3.8) is 0 Å². The Labute approximate surface area is 162 Å². The molecule has 0 aliphatic rings. The number of carbonyl (C=O) groups excluding carboxylic acids is 1. The van der Waals surface area contributed by atoms with Crippen LogP contribution in [0.25, 0.3) is 5.69 Å². The molecule has 144 valence electrons. The summed E-state index contributed by atoms with van der Waals surface area (Å²) in [4.78, 5) is 24.5. The van der Waals surface area contributed by atoms with Crippen molar-refractivity contribution >= 4 is 12.1 Å². The fraction of sp³-hybridized carbons (Fsp3) is 0.190. The monoisotopic (exact) mass is 378 g/mol. The third-order valence-electron chi connectivity index (χ3n) is 4.36. The number of amides is 1. The van der Waals surface area contributed by atoms with Crippen LogP contribution in [0.3, 0.4) is 0 Å². The minimum Gasteiger partial charge on any atom is -0.484 e. The van der Waals surface area contributed by atoms with Gasteiger partial charge in [0.1, 0.15) is 5.75 Å². The van der Waals surface area contributed by atoms with Crippen LogP contribution < -0.4 is 15.7 Å². The first-order valence-corrected chi connectivity index (χ1v) is 8.84. The molecule has 0 aliphatic carbocycles. The highest BCUT2D eigenvalue weighted by Gasteiger charge is 2.10. The summed E-state index contributed by atoms with van der Waals surface area (Å²) in [5.74, 6) is 0.209. The van der Waals surface area contributed by atoms with Crippen LogP contribution in [0, 0.1) is 20.8 Å². The number of aromatic nitrogens is 2. The molecule has 28 heavy (non-hydrogen) atoms. The van der Waals surface area contributed by atoms with Crippen molar-refractivity contribution in [1.82, 2.24) is 15.2 Å². The molecule has 0 unspecified atom stereocenters. The van der Waals surface area contributed by atoms with Gasteiger partial charge in [0, 0.05) is 5.69 Å².